The molecule has 0 bridgehead atoms. The van der Waals surface area contributed by atoms with Crippen molar-refractivity contribution < 1.29 is 8.42 Å². The van der Waals surface area contributed by atoms with Crippen LogP contribution in [-0.2, 0) is 9.05 Å². The van der Waals surface area contributed by atoms with Crippen LogP contribution >= 0.6 is 37.9 Å². The Morgan fingerprint density at radius 3 is 2.67 bits per heavy atom. The maximum Gasteiger partial charge on any atom is 0.296 e. The van der Waals surface area contributed by atoms with E-state index in [1.165, 1.54) is 11.3 Å². The zero-order chi connectivity index (χ0) is 11.1. The number of hydrogen-bond acceptors (Lipinski definition) is 5. The Kier molecular flexibility index (Phi) is 2.84. The lowest BCUT2D eigenvalue weighted by Crippen LogP contribution is -1.92. The van der Waals surface area contributed by atoms with Crippen molar-refractivity contribution in [3.63, 3.8) is 0 Å². The second kappa shape index (κ2) is 3.85. The van der Waals surface area contributed by atoms with Crippen LogP contribution in [0.4, 0.5) is 0 Å². The molecule has 2 aromatic heterocycles. The zero-order valence-electron chi connectivity index (χ0n) is 6.94. The second-order valence-corrected chi connectivity index (χ2v) is 6.61. The molecule has 0 saturated heterocycles. The van der Waals surface area contributed by atoms with Gasteiger partial charge in [0.25, 0.3) is 14.2 Å². The molecular weight excluding hydrogens is 326 g/mol. The Morgan fingerprint density at radius 1 is 1.47 bits per heavy atom. The minimum absolute atomic E-state index is 0.294. The average molecular weight is 329 g/mol. The molecule has 0 aliphatic rings. The lowest BCUT2D eigenvalue weighted by molar-refractivity contribution is 0.602. The van der Waals surface area contributed by atoms with Gasteiger partial charge in [-0.2, -0.15) is 21.4 Å². The normalized spacial score (nSPS) is 11.9. The first-order valence-corrected chi connectivity index (χ1v) is 7.62. The molecule has 0 aliphatic carbocycles. The first kappa shape index (κ1) is 11.1. The van der Waals surface area contributed by atoms with Crippen LogP contribution in [0.5, 0.6) is 0 Å². The van der Waals surface area contributed by atoms with E-state index in [4.69, 9.17) is 10.7 Å². The van der Waals surface area contributed by atoms with E-state index in [0.717, 1.165) is 10.0 Å². The number of H-pyrrole nitrogens is 1. The molecule has 2 rings (SSSR count). The highest BCUT2D eigenvalue weighted by atomic mass is 79.9. The summed E-state index contributed by atoms with van der Waals surface area (Å²) in [4.78, 5) is 3.77. The third kappa shape index (κ3) is 2.22. The quantitative estimate of drug-likeness (QED) is 0.858. The average Bonchev–Trinajstić information content (AvgIpc) is 2.69. The fourth-order valence-electron chi connectivity index (χ4n) is 0.918. The highest BCUT2D eigenvalue weighted by Gasteiger charge is 2.18. The van der Waals surface area contributed by atoms with Gasteiger partial charge in [0.15, 0.2) is 5.82 Å². The van der Waals surface area contributed by atoms with E-state index in [2.05, 4.69) is 31.1 Å². The molecule has 15 heavy (non-hydrogen) atoms. The van der Waals surface area contributed by atoms with Gasteiger partial charge in [-0.15, -0.1) is 0 Å². The van der Waals surface area contributed by atoms with E-state index in [9.17, 15) is 8.42 Å². The van der Waals surface area contributed by atoms with Crippen LogP contribution in [0, 0.1) is 0 Å². The lowest BCUT2D eigenvalue weighted by atomic mass is 10.3. The molecule has 0 radical (unpaired) electrons. The third-order valence-electron chi connectivity index (χ3n) is 1.55. The predicted molar refractivity (Wildman–Crippen MR) is 60.4 cm³/mol. The molecule has 0 aliphatic heterocycles. The van der Waals surface area contributed by atoms with E-state index in [0.29, 0.717) is 5.82 Å². The largest absolute Gasteiger partial charge is 0.296 e. The minimum atomic E-state index is -3.85. The number of nitrogens with one attached hydrogen (secondary N) is 1. The molecule has 2 aromatic rings. The maximum atomic E-state index is 10.9. The van der Waals surface area contributed by atoms with Crippen molar-refractivity contribution >= 4 is 47.0 Å². The van der Waals surface area contributed by atoms with Gasteiger partial charge in [-0.1, -0.05) is 0 Å². The summed E-state index contributed by atoms with van der Waals surface area (Å²) in [5.41, 5.74) is 0.725. The molecule has 0 unspecified atom stereocenters. The van der Waals surface area contributed by atoms with Crippen molar-refractivity contribution in [1.82, 2.24) is 15.2 Å². The van der Waals surface area contributed by atoms with Crippen LogP contribution in [0.15, 0.2) is 20.4 Å². The van der Waals surface area contributed by atoms with Crippen LogP contribution < -0.4 is 0 Å². The van der Waals surface area contributed by atoms with E-state index >= 15 is 0 Å². The summed E-state index contributed by atoms with van der Waals surface area (Å²) in [6.07, 6.45) is 0. The number of thiophene rings is 1. The number of aromatic nitrogens is 3. The first-order chi connectivity index (χ1) is 6.98. The molecule has 0 aromatic carbocycles. The SMILES string of the molecule is O=S(=O)(Cl)c1nc(-c2cscc2Br)n[nH]1. The maximum absolute atomic E-state index is 10.9. The summed E-state index contributed by atoms with van der Waals surface area (Å²) in [5.74, 6) is 0.294. The monoisotopic (exact) mass is 327 g/mol. The van der Waals surface area contributed by atoms with Gasteiger partial charge in [0.05, 0.1) is 0 Å². The van der Waals surface area contributed by atoms with Crippen molar-refractivity contribution in [2.24, 2.45) is 0 Å². The smallest absolute Gasteiger partial charge is 0.248 e. The van der Waals surface area contributed by atoms with Crippen molar-refractivity contribution in [3.8, 4) is 11.4 Å². The summed E-state index contributed by atoms with van der Waals surface area (Å²) >= 11 is 4.75. The number of rotatable bonds is 2. The highest BCUT2D eigenvalue weighted by Crippen LogP contribution is 2.29. The number of nitrogens with zero attached hydrogens (tertiary/aromatic N) is 2. The summed E-state index contributed by atoms with van der Waals surface area (Å²) in [6, 6.07) is 0. The molecule has 5 nitrogen and oxygen atoms in total. The van der Waals surface area contributed by atoms with E-state index in [1.54, 1.807) is 5.38 Å². The Labute approximate surface area is 102 Å². The highest BCUT2D eigenvalue weighted by molar-refractivity contribution is 9.10. The molecule has 0 fully saturated rings. The second-order valence-electron chi connectivity index (χ2n) is 2.54. The Bertz CT molecular complexity index is 591. The molecule has 80 valence electrons. The van der Waals surface area contributed by atoms with Crippen LogP contribution in [0.3, 0.4) is 0 Å². The van der Waals surface area contributed by atoms with Crippen LogP contribution in [0.1, 0.15) is 0 Å². The number of halogens is 2. The van der Waals surface area contributed by atoms with Gasteiger partial charge in [-0.3, -0.25) is 0 Å². The van der Waals surface area contributed by atoms with Gasteiger partial charge in [0.1, 0.15) is 0 Å². The Balaban J connectivity index is 2.50. The summed E-state index contributed by atoms with van der Waals surface area (Å²) in [5, 5.41) is 9.33. The summed E-state index contributed by atoms with van der Waals surface area (Å²) in [7, 11) is 1.25. The molecule has 0 spiro atoms. The minimum Gasteiger partial charge on any atom is -0.248 e. The van der Waals surface area contributed by atoms with Gasteiger partial charge < -0.3 is 0 Å². The van der Waals surface area contributed by atoms with Crippen molar-refractivity contribution in [2.75, 3.05) is 0 Å². The molecule has 2 heterocycles. The van der Waals surface area contributed by atoms with Gasteiger partial charge >= 0.3 is 0 Å². The Hall–Kier alpha value is -0.440. The van der Waals surface area contributed by atoms with E-state index in [-0.39, 0.29) is 5.16 Å². The van der Waals surface area contributed by atoms with E-state index in [1.807, 2.05) is 5.38 Å². The van der Waals surface area contributed by atoms with Gasteiger partial charge in [0, 0.05) is 31.5 Å². The fourth-order valence-corrected chi connectivity index (χ4v) is 2.92. The lowest BCUT2D eigenvalue weighted by Gasteiger charge is -1.88. The Morgan fingerprint density at radius 2 is 2.20 bits per heavy atom. The van der Waals surface area contributed by atoms with Crippen LogP contribution in [0.25, 0.3) is 11.4 Å². The molecule has 0 amide bonds. The molecule has 9 heteroatoms. The number of hydrogen-bond donors (Lipinski definition) is 1. The topological polar surface area (TPSA) is 75.7 Å². The van der Waals surface area contributed by atoms with Crippen LogP contribution in [-0.4, -0.2) is 23.6 Å². The standard InChI is InChI=1S/C6H3BrClN3O2S2/c7-4-2-14-1-3(4)5-9-6(11-10-5)15(8,12)13/h1-2H,(H,9,10,11). The zero-order valence-corrected chi connectivity index (χ0v) is 10.9. The molecule has 1 N–H and O–H groups in total. The third-order valence-corrected chi connectivity index (χ3v) is 4.34. The van der Waals surface area contributed by atoms with Crippen molar-refractivity contribution in [2.45, 2.75) is 5.16 Å². The molecule has 0 saturated carbocycles. The van der Waals surface area contributed by atoms with Crippen molar-refractivity contribution in [3.05, 3.63) is 15.2 Å². The molecule has 0 atom stereocenters. The first-order valence-electron chi connectivity index (χ1n) is 3.57. The van der Waals surface area contributed by atoms with Gasteiger partial charge in [-0.25, -0.2) is 13.5 Å². The number of aromatic amines is 1. The van der Waals surface area contributed by atoms with E-state index < -0.39 is 9.05 Å². The van der Waals surface area contributed by atoms with Gasteiger partial charge in [0.2, 0.25) is 0 Å². The predicted octanol–water partition coefficient (Wildman–Crippen LogP) is 2.22. The molecular formula is C6H3BrClN3O2S2. The van der Waals surface area contributed by atoms with Crippen LogP contribution in [0.2, 0.25) is 0 Å². The van der Waals surface area contributed by atoms with Gasteiger partial charge in [-0.05, 0) is 15.9 Å². The summed E-state index contributed by atoms with van der Waals surface area (Å²) < 4.78 is 22.7. The van der Waals surface area contributed by atoms with Crippen molar-refractivity contribution in [1.29, 1.82) is 0 Å². The summed E-state index contributed by atoms with van der Waals surface area (Å²) in [6.45, 7) is 0. The fraction of sp³-hybridized carbons (Fsp3) is 0.